The Balaban J connectivity index is 1.34. The number of amides is 1. The number of hydrogen-bond donors (Lipinski definition) is 1. The molecule has 158 valence electrons. The molecule has 7 nitrogen and oxygen atoms in total. The quantitative estimate of drug-likeness (QED) is 0.462. The third kappa shape index (κ3) is 3.65. The average molecular weight is 423 g/mol. The Bertz CT molecular complexity index is 1490. The summed E-state index contributed by atoms with van der Waals surface area (Å²) >= 11 is 0. The predicted octanol–water partition coefficient (Wildman–Crippen LogP) is 4.07. The molecular weight excluding hydrogens is 402 g/mol. The lowest BCUT2D eigenvalue weighted by Crippen LogP contribution is -2.23. The normalized spacial score (nSPS) is 11.2. The highest BCUT2D eigenvalue weighted by Crippen LogP contribution is 2.23. The molecule has 1 amide bonds. The second-order valence-corrected chi connectivity index (χ2v) is 7.70. The van der Waals surface area contributed by atoms with Gasteiger partial charge in [-0.15, -0.1) is 0 Å². The van der Waals surface area contributed by atoms with E-state index in [4.69, 9.17) is 0 Å². The summed E-state index contributed by atoms with van der Waals surface area (Å²) in [5.41, 5.74) is 3.02. The Hall–Kier alpha value is -4.26. The van der Waals surface area contributed by atoms with E-state index >= 15 is 0 Å². The first-order chi connectivity index (χ1) is 15.6. The summed E-state index contributed by atoms with van der Waals surface area (Å²) in [5, 5.41) is 9.74. The topological polar surface area (TPSA) is 81.8 Å². The molecule has 0 radical (unpaired) electrons. The first-order valence-corrected chi connectivity index (χ1v) is 10.4. The molecule has 2 aromatic heterocycles. The van der Waals surface area contributed by atoms with Gasteiger partial charge in [0.15, 0.2) is 5.65 Å². The van der Waals surface area contributed by atoms with Gasteiger partial charge in [-0.3, -0.25) is 14.2 Å². The fraction of sp³-hybridized carbons (Fsp3) is 0.120. The maximum absolute atomic E-state index is 12.9. The molecule has 0 fully saturated rings. The summed E-state index contributed by atoms with van der Waals surface area (Å²) in [6.07, 6.45) is 3.15. The van der Waals surface area contributed by atoms with Crippen LogP contribution in [0.15, 0.2) is 84.0 Å². The summed E-state index contributed by atoms with van der Waals surface area (Å²) in [4.78, 5) is 29.9. The molecule has 1 N–H and O–H groups in total. The van der Waals surface area contributed by atoms with Gasteiger partial charge in [-0.2, -0.15) is 5.10 Å². The number of aryl methyl sites for hydroxylation is 2. The summed E-state index contributed by atoms with van der Waals surface area (Å²) < 4.78 is 3.10. The SMILES string of the molecule is Cc1ccc(-n2ncc3c(=O)n(CCC(=O)Nc4cccc5ccccc45)cnc32)cc1. The van der Waals surface area contributed by atoms with Crippen LogP contribution in [0.2, 0.25) is 0 Å². The van der Waals surface area contributed by atoms with Crippen molar-refractivity contribution in [2.24, 2.45) is 0 Å². The minimum Gasteiger partial charge on any atom is -0.325 e. The first-order valence-electron chi connectivity index (χ1n) is 10.4. The van der Waals surface area contributed by atoms with Crippen molar-refractivity contribution in [1.82, 2.24) is 19.3 Å². The molecule has 0 bridgehead atoms. The molecular formula is C25H21N5O2. The van der Waals surface area contributed by atoms with Crippen LogP contribution in [0.4, 0.5) is 5.69 Å². The lowest BCUT2D eigenvalue weighted by atomic mass is 10.1. The van der Waals surface area contributed by atoms with Gasteiger partial charge >= 0.3 is 0 Å². The molecule has 0 aliphatic rings. The molecule has 0 aliphatic heterocycles. The maximum atomic E-state index is 12.9. The first kappa shape index (κ1) is 19.7. The number of anilines is 1. The summed E-state index contributed by atoms with van der Waals surface area (Å²) in [6.45, 7) is 2.24. The molecule has 0 aliphatic carbocycles. The summed E-state index contributed by atoms with van der Waals surface area (Å²) in [7, 11) is 0. The van der Waals surface area contributed by atoms with Gasteiger partial charge in [0.1, 0.15) is 5.39 Å². The molecule has 0 spiro atoms. The van der Waals surface area contributed by atoms with Crippen LogP contribution in [0.5, 0.6) is 0 Å². The number of carbonyl (C=O) groups excluding carboxylic acids is 1. The van der Waals surface area contributed by atoms with Crippen molar-refractivity contribution in [3.8, 4) is 5.69 Å². The fourth-order valence-corrected chi connectivity index (χ4v) is 3.75. The van der Waals surface area contributed by atoms with Gasteiger partial charge < -0.3 is 5.32 Å². The Labute approximate surface area is 183 Å². The lowest BCUT2D eigenvalue weighted by Gasteiger charge is -2.10. The molecule has 0 unspecified atom stereocenters. The number of benzene rings is 3. The third-order valence-corrected chi connectivity index (χ3v) is 5.48. The van der Waals surface area contributed by atoms with E-state index in [1.807, 2.05) is 73.7 Å². The molecule has 5 aromatic rings. The van der Waals surface area contributed by atoms with E-state index in [2.05, 4.69) is 15.4 Å². The van der Waals surface area contributed by atoms with Gasteiger partial charge in [-0.05, 0) is 30.5 Å². The zero-order valence-electron chi connectivity index (χ0n) is 17.5. The predicted molar refractivity (Wildman–Crippen MR) is 125 cm³/mol. The van der Waals surface area contributed by atoms with Crippen molar-refractivity contribution in [2.75, 3.05) is 5.32 Å². The van der Waals surface area contributed by atoms with Gasteiger partial charge in [0.2, 0.25) is 5.91 Å². The van der Waals surface area contributed by atoms with Crippen LogP contribution in [-0.4, -0.2) is 25.2 Å². The Morgan fingerprint density at radius 1 is 0.969 bits per heavy atom. The highest BCUT2D eigenvalue weighted by molar-refractivity contribution is 6.02. The van der Waals surface area contributed by atoms with E-state index in [-0.39, 0.29) is 24.4 Å². The standard InChI is InChI=1S/C25H21N5O2/c1-17-9-11-19(12-10-17)30-24-21(15-27-30)25(32)29(16-26-24)14-13-23(31)28-22-8-4-6-18-5-2-3-7-20(18)22/h2-12,15-16H,13-14H2,1H3,(H,28,31). The zero-order chi connectivity index (χ0) is 22.1. The van der Waals surface area contributed by atoms with E-state index in [9.17, 15) is 9.59 Å². The number of nitrogens with zero attached hydrogens (tertiary/aromatic N) is 4. The van der Waals surface area contributed by atoms with Gasteiger partial charge in [0, 0.05) is 24.0 Å². The maximum Gasteiger partial charge on any atom is 0.264 e. The fourth-order valence-electron chi connectivity index (χ4n) is 3.75. The Morgan fingerprint density at radius 2 is 1.75 bits per heavy atom. The summed E-state index contributed by atoms with van der Waals surface area (Å²) in [5.74, 6) is -0.163. The van der Waals surface area contributed by atoms with E-state index in [0.717, 1.165) is 27.7 Å². The number of nitrogens with one attached hydrogen (secondary N) is 1. The minimum absolute atomic E-state index is 0.155. The van der Waals surface area contributed by atoms with Crippen molar-refractivity contribution in [3.05, 3.63) is 95.2 Å². The third-order valence-electron chi connectivity index (χ3n) is 5.48. The zero-order valence-corrected chi connectivity index (χ0v) is 17.5. The van der Waals surface area contributed by atoms with E-state index in [1.54, 1.807) is 4.68 Å². The number of carbonyl (C=O) groups is 1. The molecule has 0 atom stereocenters. The van der Waals surface area contributed by atoms with E-state index in [1.165, 1.54) is 17.1 Å². The molecule has 7 heteroatoms. The van der Waals surface area contributed by atoms with Crippen LogP contribution in [0.25, 0.3) is 27.5 Å². The molecule has 0 saturated heterocycles. The highest BCUT2D eigenvalue weighted by atomic mass is 16.2. The Morgan fingerprint density at radius 3 is 2.59 bits per heavy atom. The summed E-state index contributed by atoms with van der Waals surface area (Å²) in [6, 6.07) is 21.5. The number of rotatable bonds is 5. The second kappa shape index (κ2) is 8.11. The van der Waals surface area contributed by atoms with Crippen molar-refractivity contribution in [1.29, 1.82) is 0 Å². The van der Waals surface area contributed by atoms with Crippen LogP contribution < -0.4 is 10.9 Å². The number of fused-ring (bicyclic) bond motifs is 2. The van der Waals surface area contributed by atoms with Crippen LogP contribution >= 0.6 is 0 Å². The van der Waals surface area contributed by atoms with Crippen molar-refractivity contribution in [2.45, 2.75) is 19.9 Å². The van der Waals surface area contributed by atoms with Crippen molar-refractivity contribution < 1.29 is 4.79 Å². The Kier molecular flexibility index (Phi) is 4.99. The van der Waals surface area contributed by atoms with E-state index in [0.29, 0.717) is 11.0 Å². The molecule has 5 rings (SSSR count). The van der Waals surface area contributed by atoms with Crippen LogP contribution in [-0.2, 0) is 11.3 Å². The van der Waals surface area contributed by atoms with Gasteiger partial charge in [-0.1, -0.05) is 54.1 Å². The molecule has 32 heavy (non-hydrogen) atoms. The largest absolute Gasteiger partial charge is 0.325 e. The molecule has 0 saturated carbocycles. The number of aromatic nitrogens is 4. The second-order valence-electron chi connectivity index (χ2n) is 7.70. The van der Waals surface area contributed by atoms with Gasteiger partial charge in [0.05, 0.1) is 18.2 Å². The van der Waals surface area contributed by atoms with Crippen LogP contribution in [0.1, 0.15) is 12.0 Å². The molecule has 2 heterocycles. The van der Waals surface area contributed by atoms with Crippen molar-refractivity contribution in [3.63, 3.8) is 0 Å². The van der Waals surface area contributed by atoms with Gasteiger partial charge in [-0.25, -0.2) is 9.67 Å². The monoisotopic (exact) mass is 423 g/mol. The van der Waals surface area contributed by atoms with Crippen LogP contribution in [0.3, 0.4) is 0 Å². The number of hydrogen-bond acceptors (Lipinski definition) is 4. The van der Waals surface area contributed by atoms with Crippen LogP contribution in [0, 0.1) is 6.92 Å². The average Bonchev–Trinajstić information content (AvgIpc) is 3.24. The minimum atomic E-state index is -0.216. The van der Waals surface area contributed by atoms with E-state index < -0.39 is 0 Å². The smallest absolute Gasteiger partial charge is 0.264 e. The highest BCUT2D eigenvalue weighted by Gasteiger charge is 2.13. The van der Waals surface area contributed by atoms with Gasteiger partial charge in [0.25, 0.3) is 5.56 Å². The lowest BCUT2D eigenvalue weighted by molar-refractivity contribution is -0.116. The van der Waals surface area contributed by atoms with Crippen molar-refractivity contribution >= 4 is 33.4 Å². The molecule has 3 aromatic carbocycles.